The number of amides is 1. The van der Waals surface area contributed by atoms with Crippen LogP contribution in [0.15, 0.2) is 41.0 Å². The molecule has 0 radical (unpaired) electrons. The van der Waals surface area contributed by atoms with Crippen LogP contribution in [-0.2, 0) is 10.0 Å². The molecule has 3 rings (SSSR count). The van der Waals surface area contributed by atoms with E-state index in [0.29, 0.717) is 0 Å². The van der Waals surface area contributed by atoms with Crippen LogP contribution in [0, 0.1) is 11.6 Å². The van der Waals surface area contributed by atoms with E-state index in [4.69, 9.17) is 20.8 Å². The molecule has 1 aromatic carbocycles. The quantitative estimate of drug-likeness (QED) is 0.503. The van der Waals surface area contributed by atoms with Crippen molar-refractivity contribution < 1.29 is 31.1 Å². The van der Waals surface area contributed by atoms with Gasteiger partial charge < -0.3 is 14.5 Å². The van der Waals surface area contributed by atoms with Crippen molar-refractivity contribution in [3.8, 4) is 12.0 Å². The highest BCUT2D eigenvalue weighted by Gasteiger charge is 2.20. The Kier molecular flexibility index (Phi) is 6.41. The van der Waals surface area contributed by atoms with Crippen LogP contribution in [0.5, 0.6) is 12.0 Å². The summed E-state index contributed by atoms with van der Waals surface area (Å²) in [5.74, 6) is -2.87. The summed E-state index contributed by atoms with van der Waals surface area (Å²) in [6.45, 7) is 1.48. The van der Waals surface area contributed by atoms with E-state index in [-0.39, 0.29) is 28.4 Å². The average molecular weight is 473 g/mol. The molecule has 0 aliphatic heterocycles. The Balaban J connectivity index is 1.70. The van der Waals surface area contributed by atoms with Crippen molar-refractivity contribution in [2.45, 2.75) is 13.0 Å². The summed E-state index contributed by atoms with van der Waals surface area (Å²) >= 11 is 5.75. The number of rotatable bonds is 7. The van der Waals surface area contributed by atoms with E-state index in [0.717, 1.165) is 24.7 Å². The summed E-state index contributed by atoms with van der Waals surface area (Å²) in [6.07, 6.45) is 1.53. The number of hydrogen-bond donors (Lipinski definition) is 2. The molecule has 164 valence electrons. The molecular formula is C18H15ClF2N4O5S. The zero-order valence-electron chi connectivity index (χ0n) is 16.0. The number of hydrogen-bond acceptors (Lipinski definition) is 7. The van der Waals surface area contributed by atoms with Gasteiger partial charge in [-0.1, -0.05) is 17.7 Å². The fourth-order valence-electron chi connectivity index (χ4n) is 2.42. The van der Waals surface area contributed by atoms with E-state index < -0.39 is 39.3 Å². The van der Waals surface area contributed by atoms with Gasteiger partial charge in [-0.25, -0.2) is 22.2 Å². The fraction of sp³-hybridized carbons (Fsp3) is 0.167. The third-order valence-corrected chi connectivity index (χ3v) is 4.58. The lowest BCUT2D eigenvalue weighted by molar-refractivity contribution is 0.0934. The van der Waals surface area contributed by atoms with Crippen molar-refractivity contribution in [2.75, 3.05) is 11.0 Å². The third kappa shape index (κ3) is 5.89. The highest BCUT2D eigenvalue weighted by molar-refractivity contribution is 7.92. The lowest BCUT2D eigenvalue weighted by Gasteiger charge is -2.15. The maximum Gasteiger partial charge on any atom is 0.401 e. The number of carbonyl (C=O) groups excluding carboxylic acids is 1. The van der Waals surface area contributed by atoms with Crippen LogP contribution in [0.3, 0.4) is 0 Å². The molecule has 31 heavy (non-hydrogen) atoms. The fourth-order valence-corrected chi connectivity index (χ4v) is 3.15. The predicted molar refractivity (Wildman–Crippen MR) is 107 cm³/mol. The number of sulfonamides is 1. The lowest BCUT2D eigenvalue weighted by atomic mass is 10.1. The average Bonchev–Trinajstić information content (AvgIpc) is 3.12. The smallest absolute Gasteiger partial charge is 0.401 e. The Bertz CT molecular complexity index is 1210. The molecule has 2 N–H and O–H groups in total. The van der Waals surface area contributed by atoms with E-state index >= 15 is 0 Å². The number of carbonyl (C=O) groups is 1. The van der Waals surface area contributed by atoms with Crippen LogP contribution < -0.4 is 14.8 Å². The molecule has 0 fully saturated rings. The van der Waals surface area contributed by atoms with Crippen molar-refractivity contribution in [3.63, 3.8) is 0 Å². The first-order chi connectivity index (χ1) is 14.5. The molecule has 2 heterocycles. The number of nitrogens with zero attached hydrogens (tertiary/aromatic N) is 2. The number of aromatic nitrogens is 2. The molecule has 1 amide bonds. The van der Waals surface area contributed by atoms with Gasteiger partial charge in [-0.05, 0) is 30.7 Å². The van der Waals surface area contributed by atoms with Gasteiger partial charge in [-0.15, -0.1) is 0 Å². The molecule has 0 saturated carbocycles. The van der Waals surface area contributed by atoms with E-state index in [2.05, 4.69) is 15.3 Å². The maximum atomic E-state index is 14.2. The van der Waals surface area contributed by atoms with Crippen LogP contribution >= 0.6 is 11.6 Å². The van der Waals surface area contributed by atoms with E-state index in [1.807, 2.05) is 0 Å². The maximum absolute atomic E-state index is 14.2. The van der Waals surface area contributed by atoms with Gasteiger partial charge in [0.15, 0.2) is 17.3 Å². The highest BCUT2D eigenvalue weighted by Crippen LogP contribution is 2.25. The van der Waals surface area contributed by atoms with Crippen LogP contribution in [0.25, 0.3) is 0 Å². The van der Waals surface area contributed by atoms with Crippen LogP contribution in [-0.4, -0.2) is 30.5 Å². The summed E-state index contributed by atoms with van der Waals surface area (Å²) < 4.78 is 62.8. The molecular weight excluding hydrogens is 458 g/mol. The summed E-state index contributed by atoms with van der Waals surface area (Å²) in [7, 11) is -3.88. The second kappa shape index (κ2) is 8.86. The monoisotopic (exact) mass is 472 g/mol. The molecule has 9 nitrogen and oxygen atoms in total. The highest BCUT2D eigenvalue weighted by atomic mass is 35.5. The Morgan fingerprint density at radius 2 is 1.90 bits per heavy atom. The third-order valence-electron chi connectivity index (χ3n) is 3.80. The van der Waals surface area contributed by atoms with Gasteiger partial charge >= 0.3 is 6.08 Å². The molecule has 13 heteroatoms. The normalized spacial score (nSPS) is 12.3. The molecule has 0 bridgehead atoms. The second-order valence-corrected chi connectivity index (χ2v) is 8.46. The lowest BCUT2D eigenvalue weighted by Crippen LogP contribution is -2.27. The number of pyridine rings is 1. The number of nitrogens with one attached hydrogen (secondary N) is 2. The number of ether oxygens (including phenoxy) is 1. The Labute approximate surface area is 180 Å². The number of oxazole rings is 1. The van der Waals surface area contributed by atoms with Gasteiger partial charge in [-0.2, -0.15) is 4.98 Å². The molecule has 0 saturated heterocycles. The summed E-state index contributed by atoms with van der Waals surface area (Å²) in [5.41, 5.74) is -0.900. The molecule has 0 spiro atoms. The van der Waals surface area contributed by atoms with Gasteiger partial charge in [0.2, 0.25) is 15.9 Å². The molecule has 0 aliphatic rings. The largest absolute Gasteiger partial charge is 0.416 e. The Morgan fingerprint density at radius 3 is 2.52 bits per heavy atom. The topological polar surface area (TPSA) is 123 Å². The minimum absolute atomic E-state index is 0.0606. The zero-order valence-corrected chi connectivity index (χ0v) is 17.6. The van der Waals surface area contributed by atoms with E-state index in [1.165, 1.54) is 13.0 Å². The molecule has 1 atom stereocenters. The second-order valence-electron chi connectivity index (χ2n) is 6.33. The summed E-state index contributed by atoms with van der Waals surface area (Å²) in [4.78, 5) is 20.1. The number of halogens is 3. The van der Waals surface area contributed by atoms with Crippen molar-refractivity contribution in [2.24, 2.45) is 0 Å². The van der Waals surface area contributed by atoms with Crippen LogP contribution in [0.4, 0.5) is 14.5 Å². The SMILES string of the molecule is CC(NC(=O)c1coc(Oc2cccc(Cl)n2)n1)c1cc(F)c(NS(C)(=O)=O)c(F)c1. The van der Waals surface area contributed by atoms with Gasteiger partial charge in [0.05, 0.1) is 12.3 Å². The molecule has 0 aliphatic carbocycles. The molecule has 3 aromatic rings. The van der Waals surface area contributed by atoms with Gasteiger partial charge in [0, 0.05) is 6.07 Å². The first-order valence-electron chi connectivity index (χ1n) is 8.55. The van der Waals surface area contributed by atoms with Crippen molar-refractivity contribution in [1.82, 2.24) is 15.3 Å². The predicted octanol–water partition coefficient (Wildman–Crippen LogP) is 3.66. The van der Waals surface area contributed by atoms with Crippen LogP contribution in [0.2, 0.25) is 5.15 Å². The van der Waals surface area contributed by atoms with E-state index in [1.54, 1.807) is 16.9 Å². The first-order valence-corrected chi connectivity index (χ1v) is 10.8. The molecule has 2 aromatic heterocycles. The number of benzene rings is 1. The van der Waals surface area contributed by atoms with Gasteiger partial charge in [-0.3, -0.25) is 9.52 Å². The Hall–Kier alpha value is -3.25. The summed E-state index contributed by atoms with van der Waals surface area (Å²) in [6, 6.07) is 5.60. The van der Waals surface area contributed by atoms with Gasteiger partial charge in [0.25, 0.3) is 5.91 Å². The summed E-state index contributed by atoms with van der Waals surface area (Å²) in [5, 5.41) is 2.68. The molecule has 1 unspecified atom stereocenters. The Morgan fingerprint density at radius 1 is 1.23 bits per heavy atom. The minimum atomic E-state index is -3.88. The van der Waals surface area contributed by atoms with Crippen molar-refractivity contribution >= 4 is 33.2 Å². The van der Waals surface area contributed by atoms with E-state index in [9.17, 15) is 22.0 Å². The minimum Gasteiger partial charge on any atom is -0.416 e. The first kappa shape index (κ1) is 22.4. The van der Waals surface area contributed by atoms with Gasteiger partial charge in [0.1, 0.15) is 17.1 Å². The number of anilines is 1. The van der Waals surface area contributed by atoms with Crippen molar-refractivity contribution in [1.29, 1.82) is 0 Å². The van der Waals surface area contributed by atoms with Crippen LogP contribution in [0.1, 0.15) is 29.0 Å². The standard InChI is InChI=1S/C18H15ClF2N4O5S/c1-9(10-6-11(20)16(12(21)7-10)25-31(2,27)28)22-17(26)13-8-29-18(23-13)30-15-5-3-4-14(19)24-15/h3-9,25H,1-2H3,(H,22,26). The van der Waals surface area contributed by atoms with Crippen molar-refractivity contribution in [3.05, 3.63) is 64.6 Å². The zero-order chi connectivity index (χ0) is 22.8.